The van der Waals surface area contributed by atoms with Crippen molar-refractivity contribution >= 4 is 11.9 Å². The van der Waals surface area contributed by atoms with Crippen LogP contribution in [-0.2, 0) is 9.59 Å². The summed E-state index contributed by atoms with van der Waals surface area (Å²) >= 11 is 0. The van der Waals surface area contributed by atoms with Crippen LogP contribution in [0.5, 0.6) is 0 Å². The number of aliphatic hydroxyl groups is 3. The molecule has 0 aliphatic heterocycles. The van der Waals surface area contributed by atoms with Crippen molar-refractivity contribution in [3.8, 4) is 0 Å². The molecule has 4 rings (SSSR count). The van der Waals surface area contributed by atoms with Crippen LogP contribution >= 0.6 is 0 Å². The zero-order chi connectivity index (χ0) is 27.8. The normalized spacial score (nSPS) is 43.9. The second-order valence-corrected chi connectivity index (χ2v) is 13.8. The van der Waals surface area contributed by atoms with Crippen molar-refractivity contribution in [1.82, 2.24) is 5.32 Å². The fraction of sp³-hybridized carbons (Fsp3) is 0.933. The average Bonchev–Trinajstić information content (AvgIpc) is 3.23. The third-order valence-electron chi connectivity index (χ3n) is 11.9. The van der Waals surface area contributed by atoms with Gasteiger partial charge in [-0.05, 0) is 124 Å². The van der Waals surface area contributed by atoms with E-state index in [0.717, 1.165) is 44.9 Å². The third-order valence-corrected chi connectivity index (χ3v) is 11.9. The van der Waals surface area contributed by atoms with E-state index in [1.807, 2.05) is 0 Å². The van der Waals surface area contributed by atoms with Crippen molar-refractivity contribution in [2.75, 3.05) is 6.54 Å². The van der Waals surface area contributed by atoms with Gasteiger partial charge >= 0.3 is 5.97 Å². The Bertz CT molecular complexity index is 855. The topological polar surface area (TPSA) is 153 Å². The van der Waals surface area contributed by atoms with Crippen molar-refractivity contribution in [3.05, 3.63) is 0 Å². The van der Waals surface area contributed by atoms with Crippen molar-refractivity contribution < 1.29 is 30.0 Å². The van der Waals surface area contributed by atoms with Crippen LogP contribution in [0, 0.1) is 46.3 Å². The summed E-state index contributed by atoms with van der Waals surface area (Å²) in [4.78, 5) is 24.2. The molecule has 0 aromatic carbocycles. The van der Waals surface area contributed by atoms with Crippen molar-refractivity contribution in [3.63, 3.8) is 0 Å². The summed E-state index contributed by atoms with van der Waals surface area (Å²) in [7, 11) is 0. The van der Waals surface area contributed by atoms with Gasteiger partial charge in [0.25, 0.3) is 0 Å². The molecule has 1 amide bonds. The first-order valence-electron chi connectivity index (χ1n) is 15.2. The lowest BCUT2D eigenvalue weighted by Gasteiger charge is -2.63. The van der Waals surface area contributed by atoms with Crippen molar-refractivity contribution in [1.29, 1.82) is 0 Å². The average molecular weight is 537 g/mol. The van der Waals surface area contributed by atoms with Gasteiger partial charge in [0.05, 0.1) is 18.3 Å². The van der Waals surface area contributed by atoms with Crippen LogP contribution in [0.4, 0.5) is 0 Å². The van der Waals surface area contributed by atoms with Gasteiger partial charge in [0.15, 0.2) is 0 Å². The molecular formula is C30H52N2O6. The molecule has 0 bridgehead atoms. The van der Waals surface area contributed by atoms with E-state index >= 15 is 0 Å². The molecule has 4 fully saturated rings. The van der Waals surface area contributed by atoms with Crippen molar-refractivity contribution in [2.24, 2.45) is 52.1 Å². The van der Waals surface area contributed by atoms with E-state index in [4.69, 9.17) is 5.73 Å². The zero-order valence-corrected chi connectivity index (χ0v) is 23.6. The monoisotopic (exact) mass is 536 g/mol. The SMILES string of the molecule is C[C@H](CCC(=O)N[C@@H](CCCCN)C(=O)O)[C@H]1CC[C@H]2[C@@H]3[C@@H](O)[C@@H](O)[C@@H]4C[C@H](O)CC[C@]4(C)[C@H]3CC[C@]12C. The first-order chi connectivity index (χ1) is 17.9. The van der Waals surface area contributed by atoms with Crippen LogP contribution in [0.25, 0.3) is 0 Å². The lowest BCUT2D eigenvalue weighted by atomic mass is 9.43. The van der Waals surface area contributed by atoms with Crippen LogP contribution < -0.4 is 11.1 Å². The first-order valence-corrected chi connectivity index (χ1v) is 15.2. The van der Waals surface area contributed by atoms with Gasteiger partial charge in [-0.1, -0.05) is 20.8 Å². The number of unbranched alkanes of at least 4 members (excludes halogenated alkanes) is 1. The Morgan fingerprint density at radius 2 is 1.61 bits per heavy atom. The van der Waals surface area contributed by atoms with Gasteiger partial charge in [0.1, 0.15) is 6.04 Å². The third kappa shape index (κ3) is 5.39. The van der Waals surface area contributed by atoms with Crippen molar-refractivity contribution in [2.45, 2.75) is 122 Å². The molecule has 7 N–H and O–H groups in total. The molecule has 0 aromatic heterocycles. The van der Waals surface area contributed by atoms with E-state index in [0.29, 0.717) is 62.3 Å². The number of fused-ring (bicyclic) bond motifs is 5. The lowest BCUT2D eigenvalue weighted by Crippen LogP contribution is -2.64. The van der Waals surface area contributed by atoms with Gasteiger partial charge in [-0.15, -0.1) is 0 Å². The number of aliphatic carboxylic acids is 1. The number of aliphatic hydroxyl groups excluding tert-OH is 3. The summed E-state index contributed by atoms with van der Waals surface area (Å²) in [5, 5.41) is 45.2. The molecule has 4 saturated carbocycles. The quantitative estimate of drug-likeness (QED) is 0.235. The molecule has 0 radical (unpaired) electrons. The number of carbonyl (C=O) groups is 2. The molecule has 4 aliphatic carbocycles. The molecule has 4 aliphatic rings. The van der Waals surface area contributed by atoms with Crippen LogP contribution in [0.2, 0.25) is 0 Å². The summed E-state index contributed by atoms with van der Waals surface area (Å²) in [6, 6.07) is -0.863. The predicted octanol–water partition coefficient (Wildman–Crippen LogP) is 3.06. The fourth-order valence-corrected chi connectivity index (χ4v) is 9.79. The summed E-state index contributed by atoms with van der Waals surface area (Å²) in [6.07, 6.45) is 7.42. The predicted molar refractivity (Wildman–Crippen MR) is 145 cm³/mol. The Labute approximate surface area is 228 Å². The number of amides is 1. The molecule has 8 heteroatoms. The fourth-order valence-electron chi connectivity index (χ4n) is 9.79. The molecule has 12 atom stereocenters. The highest BCUT2D eigenvalue weighted by Gasteiger charge is 2.65. The minimum Gasteiger partial charge on any atom is -0.480 e. The zero-order valence-electron chi connectivity index (χ0n) is 23.6. The highest BCUT2D eigenvalue weighted by atomic mass is 16.4. The summed E-state index contributed by atoms with van der Waals surface area (Å²) in [5.41, 5.74) is 5.52. The number of rotatable bonds is 10. The van der Waals surface area contributed by atoms with Gasteiger partial charge in [-0.25, -0.2) is 4.79 Å². The van der Waals surface area contributed by atoms with Gasteiger partial charge < -0.3 is 31.5 Å². The number of carboxylic acids is 1. The standard InChI is InChI=1S/C30H52N2O6/c1-17(7-10-24(34)32-23(28(37)38)6-4-5-15-31)19-8-9-20-25-21(12-14-29(19,20)2)30(3)13-11-18(33)16-22(30)26(35)27(25)36/h17-23,25-27,33,35-36H,4-16,31H2,1-3H3,(H,32,34)(H,37,38)/t17-,18-,19-,20+,21+,22+,23+,25+,26+,27-,29-,30-/m1/s1. The Balaban J connectivity index is 1.39. The van der Waals surface area contributed by atoms with Crippen LogP contribution in [0.15, 0.2) is 0 Å². The van der Waals surface area contributed by atoms with Gasteiger partial charge in [0.2, 0.25) is 5.91 Å². The Kier molecular flexibility index (Phi) is 9.17. The maximum Gasteiger partial charge on any atom is 0.326 e. The summed E-state index contributed by atoms with van der Waals surface area (Å²) in [5.74, 6) is 0.277. The van der Waals surface area contributed by atoms with E-state index in [2.05, 4.69) is 26.1 Å². The number of nitrogens with one attached hydrogen (secondary N) is 1. The Hall–Kier alpha value is -1.22. The maximum atomic E-state index is 12.7. The number of nitrogens with two attached hydrogens (primary N) is 1. The van der Waals surface area contributed by atoms with Crippen LogP contribution in [-0.4, -0.2) is 63.2 Å². The second-order valence-electron chi connectivity index (χ2n) is 13.8. The number of hydrogen-bond donors (Lipinski definition) is 6. The highest BCUT2D eigenvalue weighted by molar-refractivity contribution is 5.83. The molecule has 38 heavy (non-hydrogen) atoms. The minimum absolute atomic E-state index is 0.0451. The lowest BCUT2D eigenvalue weighted by molar-refractivity contribution is -0.223. The molecule has 8 nitrogen and oxygen atoms in total. The van der Waals surface area contributed by atoms with Gasteiger partial charge in [-0.3, -0.25) is 4.79 Å². The van der Waals surface area contributed by atoms with Crippen LogP contribution in [0.3, 0.4) is 0 Å². The second kappa shape index (κ2) is 11.7. The van der Waals surface area contributed by atoms with Gasteiger partial charge in [0, 0.05) is 6.42 Å². The Morgan fingerprint density at radius 1 is 0.921 bits per heavy atom. The molecule has 218 valence electrons. The maximum absolute atomic E-state index is 12.7. The number of carbonyl (C=O) groups excluding carboxylic acids is 1. The smallest absolute Gasteiger partial charge is 0.326 e. The minimum atomic E-state index is -0.997. The largest absolute Gasteiger partial charge is 0.480 e. The summed E-state index contributed by atoms with van der Waals surface area (Å²) < 4.78 is 0. The molecular weight excluding hydrogens is 484 g/mol. The van der Waals surface area contributed by atoms with E-state index < -0.39 is 24.2 Å². The molecule has 0 unspecified atom stereocenters. The van der Waals surface area contributed by atoms with Crippen LogP contribution in [0.1, 0.15) is 97.8 Å². The Morgan fingerprint density at radius 3 is 2.29 bits per heavy atom. The van der Waals surface area contributed by atoms with E-state index in [-0.39, 0.29) is 34.7 Å². The van der Waals surface area contributed by atoms with E-state index in [1.165, 1.54) is 0 Å². The molecule has 0 heterocycles. The van der Waals surface area contributed by atoms with E-state index in [9.17, 15) is 30.0 Å². The van der Waals surface area contributed by atoms with E-state index in [1.54, 1.807) is 0 Å². The molecule has 0 saturated heterocycles. The number of hydrogen-bond acceptors (Lipinski definition) is 6. The highest BCUT2D eigenvalue weighted by Crippen LogP contribution is 2.68. The summed E-state index contributed by atoms with van der Waals surface area (Å²) in [6.45, 7) is 7.41. The first kappa shape index (κ1) is 29.8. The number of carboxylic acid groups (broad SMARTS) is 1. The molecule has 0 spiro atoms. The molecule has 0 aromatic rings. The van der Waals surface area contributed by atoms with Gasteiger partial charge in [-0.2, -0.15) is 0 Å².